The highest BCUT2D eigenvalue weighted by Crippen LogP contribution is 2.38. The Kier molecular flexibility index (Phi) is 4.42. The third-order valence-electron chi connectivity index (χ3n) is 3.83. The molecule has 0 aliphatic carbocycles. The summed E-state index contributed by atoms with van der Waals surface area (Å²) in [6.07, 6.45) is -4.02. The van der Waals surface area contributed by atoms with Crippen LogP contribution in [-0.2, 0) is 12.7 Å². The maximum Gasteiger partial charge on any atom is 0.418 e. The summed E-state index contributed by atoms with van der Waals surface area (Å²) in [6, 6.07) is 8.68. The molecule has 0 saturated carbocycles. The van der Waals surface area contributed by atoms with Gasteiger partial charge in [0.05, 0.1) is 31.7 Å². The van der Waals surface area contributed by atoms with Crippen molar-refractivity contribution in [2.45, 2.75) is 12.7 Å². The second-order valence-electron chi connectivity index (χ2n) is 5.37. The van der Waals surface area contributed by atoms with E-state index in [1.54, 1.807) is 30.3 Å². The molecule has 9 heteroatoms. The van der Waals surface area contributed by atoms with Gasteiger partial charge in [-0.2, -0.15) is 23.5 Å². The van der Waals surface area contributed by atoms with E-state index in [4.69, 9.17) is 9.47 Å². The molecule has 26 heavy (non-hydrogen) atoms. The van der Waals surface area contributed by atoms with Crippen molar-refractivity contribution >= 4 is 10.9 Å². The molecule has 1 aromatic carbocycles. The van der Waals surface area contributed by atoms with Crippen molar-refractivity contribution in [2.75, 3.05) is 14.2 Å². The van der Waals surface area contributed by atoms with Crippen molar-refractivity contribution in [1.29, 1.82) is 5.26 Å². The Bertz CT molecular complexity index is 988. The van der Waals surface area contributed by atoms with Crippen molar-refractivity contribution in [3.05, 3.63) is 47.3 Å². The number of hydrogen-bond donors (Lipinski definition) is 0. The van der Waals surface area contributed by atoms with E-state index in [0.717, 1.165) is 5.56 Å². The van der Waals surface area contributed by atoms with E-state index in [1.165, 1.54) is 18.9 Å². The highest BCUT2D eigenvalue weighted by atomic mass is 19.4. The monoisotopic (exact) mass is 362 g/mol. The number of pyridine rings is 1. The van der Waals surface area contributed by atoms with Gasteiger partial charge in [0.2, 0.25) is 5.88 Å². The van der Waals surface area contributed by atoms with Crippen molar-refractivity contribution in [1.82, 2.24) is 14.8 Å². The van der Waals surface area contributed by atoms with Crippen LogP contribution in [0.4, 0.5) is 13.2 Å². The summed E-state index contributed by atoms with van der Waals surface area (Å²) in [5.74, 6) is 0.617. The van der Waals surface area contributed by atoms with Gasteiger partial charge in [-0.25, -0.2) is 4.98 Å². The number of halogens is 3. The number of hydrogen-bond acceptors (Lipinski definition) is 5. The lowest BCUT2D eigenvalue weighted by Gasteiger charge is -2.11. The third-order valence-corrected chi connectivity index (χ3v) is 3.83. The van der Waals surface area contributed by atoms with E-state index >= 15 is 0 Å². The van der Waals surface area contributed by atoms with E-state index in [-0.39, 0.29) is 29.0 Å². The zero-order valence-electron chi connectivity index (χ0n) is 13.8. The Morgan fingerprint density at radius 3 is 2.38 bits per heavy atom. The van der Waals surface area contributed by atoms with Crippen LogP contribution in [0.5, 0.6) is 11.6 Å². The molecule has 0 aliphatic rings. The first-order chi connectivity index (χ1) is 12.4. The van der Waals surface area contributed by atoms with Gasteiger partial charge in [0.25, 0.3) is 0 Å². The van der Waals surface area contributed by atoms with E-state index in [1.807, 2.05) is 0 Å². The Hall–Kier alpha value is -3.28. The Balaban J connectivity index is 2.21. The molecule has 6 nitrogen and oxygen atoms in total. The highest BCUT2D eigenvalue weighted by Gasteiger charge is 2.36. The first kappa shape index (κ1) is 17.5. The Morgan fingerprint density at radius 1 is 1.15 bits per heavy atom. The van der Waals surface area contributed by atoms with Crippen molar-refractivity contribution < 1.29 is 22.6 Å². The van der Waals surface area contributed by atoms with Crippen LogP contribution in [0.25, 0.3) is 10.9 Å². The van der Waals surface area contributed by atoms with Gasteiger partial charge in [-0.05, 0) is 17.7 Å². The zero-order chi connectivity index (χ0) is 18.9. The molecule has 0 atom stereocenters. The highest BCUT2D eigenvalue weighted by molar-refractivity contribution is 5.91. The number of alkyl halides is 3. The third kappa shape index (κ3) is 3.01. The minimum Gasteiger partial charge on any atom is -0.497 e. The van der Waals surface area contributed by atoms with Gasteiger partial charge in [0.1, 0.15) is 17.3 Å². The maximum atomic E-state index is 13.3. The molecule has 0 unspecified atom stereocenters. The summed E-state index contributed by atoms with van der Waals surface area (Å²) in [7, 11) is 2.83. The summed E-state index contributed by atoms with van der Waals surface area (Å²) < 4.78 is 51.5. The molecular formula is C17H13F3N4O2. The second kappa shape index (κ2) is 6.55. The van der Waals surface area contributed by atoms with E-state index < -0.39 is 11.7 Å². The van der Waals surface area contributed by atoms with Crippen LogP contribution >= 0.6 is 0 Å². The molecule has 0 radical (unpaired) electrons. The minimum absolute atomic E-state index is 0.0229. The number of benzene rings is 1. The number of nitriles is 1. The predicted molar refractivity (Wildman–Crippen MR) is 85.9 cm³/mol. The predicted octanol–water partition coefficient (Wildman–Crippen LogP) is 3.39. The molecule has 3 aromatic rings. The van der Waals surface area contributed by atoms with Gasteiger partial charge in [-0.3, -0.25) is 4.68 Å². The second-order valence-corrected chi connectivity index (χ2v) is 5.37. The zero-order valence-corrected chi connectivity index (χ0v) is 13.8. The van der Waals surface area contributed by atoms with Crippen LogP contribution in [0, 0.1) is 11.3 Å². The molecule has 0 saturated heterocycles. The molecule has 0 aliphatic heterocycles. The van der Waals surface area contributed by atoms with E-state index in [9.17, 15) is 18.4 Å². The van der Waals surface area contributed by atoms with Gasteiger partial charge >= 0.3 is 6.18 Å². The average Bonchev–Trinajstić information content (AvgIpc) is 2.99. The number of fused-ring (bicyclic) bond motifs is 1. The van der Waals surface area contributed by atoms with Crippen LogP contribution in [0.15, 0.2) is 30.5 Å². The summed E-state index contributed by atoms with van der Waals surface area (Å²) in [4.78, 5) is 3.74. The number of aromatic nitrogens is 3. The van der Waals surface area contributed by atoms with Gasteiger partial charge < -0.3 is 9.47 Å². The lowest BCUT2D eigenvalue weighted by Crippen LogP contribution is -2.08. The van der Waals surface area contributed by atoms with Gasteiger partial charge in [0.15, 0.2) is 5.69 Å². The van der Waals surface area contributed by atoms with Gasteiger partial charge in [-0.1, -0.05) is 12.1 Å². The molecule has 0 bridgehead atoms. The molecule has 3 rings (SSSR count). The molecule has 2 aromatic heterocycles. The Morgan fingerprint density at radius 2 is 1.85 bits per heavy atom. The fourth-order valence-corrected chi connectivity index (χ4v) is 2.64. The molecule has 0 N–H and O–H groups in total. The molecule has 0 spiro atoms. The quantitative estimate of drug-likeness (QED) is 0.711. The molecule has 2 heterocycles. The number of rotatable bonds is 4. The number of nitrogens with zero attached hydrogens (tertiary/aromatic N) is 4. The number of ether oxygens (including phenoxy) is 2. The smallest absolute Gasteiger partial charge is 0.418 e. The fourth-order valence-electron chi connectivity index (χ4n) is 2.64. The van der Waals surface area contributed by atoms with Crippen LogP contribution in [0.3, 0.4) is 0 Å². The van der Waals surface area contributed by atoms with E-state index in [0.29, 0.717) is 11.9 Å². The molecule has 0 amide bonds. The first-order valence-corrected chi connectivity index (χ1v) is 7.42. The SMILES string of the molecule is COc1ccc(Cn2nc(C#N)c3c(C(F)(F)F)cnc(OC)c32)cc1. The molecular weight excluding hydrogens is 349 g/mol. The molecule has 0 fully saturated rings. The average molecular weight is 362 g/mol. The van der Waals surface area contributed by atoms with E-state index in [2.05, 4.69) is 10.1 Å². The summed E-state index contributed by atoms with van der Waals surface area (Å²) in [6.45, 7) is 0.140. The van der Waals surface area contributed by atoms with Crippen LogP contribution in [0.2, 0.25) is 0 Å². The van der Waals surface area contributed by atoms with Crippen molar-refractivity contribution in [3.63, 3.8) is 0 Å². The summed E-state index contributed by atoms with van der Waals surface area (Å²) in [5.41, 5.74) is -0.568. The lowest BCUT2D eigenvalue weighted by molar-refractivity contribution is -0.136. The lowest BCUT2D eigenvalue weighted by atomic mass is 10.1. The van der Waals surface area contributed by atoms with Crippen LogP contribution < -0.4 is 9.47 Å². The largest absolute Gasteiger partial charge is 0.497 e. The summed E-state index contributed by atoms with van der Waals surface area (Å²) >= 11 is 0. The number of methoxy groups -OCH3 is 2. The van der Waals surface area contributed by atoms with Gasteiger partial charge in [0, 0.05) is 6.20 Å². The first-order valence-electron chi connectivity index (χ1n) is 7.42. The standard InChI is InChI=1S/C17H13F3N4O2/c1-25-11-5-3-10(4-6-11)9-24-15-14(13(7-21)23-24)12(17(18,19)20)8-22-16(15)26-2/h3-6,8H,9H2,1-2H3. The normalized spacial score (nSPS) is 11.4. The Labute approximate surface area is 146 Å². The van der Waals surface area contributed by atoms with Crippen LogP contribution in [0.1, 0.15) is 16.8 Å². The molecule has 134 valence electrons. The topological polar surface area (TPSA) is 73.0 Å². The maximum absolute atomic E-state index is 13.3. The van der Waals surface area contributed by atoms with Crippen LogP contribution in [-0.4, -0.2) is 29.0 Å². The van der Waals surface area contributed by atoms with Gasteiger partial charge in [-0.15, -0.1) is 0 Å². The summed E-state index contributed by atoms with van der Waals surface area (Å²) in [5, 5.41) is 13.0. The van der Waals surface area contributed by atoms with Crippen molar-refractivity contribution in [2.24, 2.45) is 0 Å². The fraction of sp³-hybridized carbons (Fsp3) is 0.235. The minimum atomic E-state index is -4.67. The van der Waals surface area contributed by atoms with Crippen molar-refractivity contribution in [3.8, 4) is 17.7 Å².